The molecule has 2 aromatic rings. The van der Waals surface area contributed by atoms with Crippen LogP contribution in [0.4, 0.5) is 10.1 Å². The summed E-state index contributed by atoms with van der Waals surface area (Å²) < 4.78 is 19.7. The predicted molar refractivity (Wildman–Crippen MR) is 82.5 cm³/mol. The molecule has 0 bridgehead atoms. The van der Waals surface area contributed by atoms with Crippen molar-refractivity contribution < 1.29 is 13.9 Å². The number of carbonyl (C=O) groups excluding carboxylic acids is 1. The second-order valence-electron chi connectivity index (χ2n) is 5.45. The third-order valence-electron chi connectivity index (χ3n) is 3.68. The average molecular weight is 300 g/mol. The van der Waals surface area contributed by atoms with Gasteiger partial charge in [-0.2, -0.15) is 0 Å². The van der Waals surface area contributed by atoms with Crippen LogP contribution in [0.1, 0.15) is 30.5 Å². The Morgan fingerprint density at radius 2 is 2.05 bits per heavy atom. The molecule has 3 N–H and O–H groups in total. The van der Waals surface area contributed by atoms with E-state index in [-0.39, 0.29) is 17.7 Å². The number of ether oxygens (including phenoxy) is 1. The lowest BCUT2D eigenvalue weighted by Crippen LogP contribution is -2.18. The molecule has 1 heterocycles. The molecule has 1 unspecified atom stereocenters. The van der Waals surface area contributed by atoms with Crippen LogP contribution in [0.3, 0.4) is 0 Å². The molecule has 0 radical (unpaired) electrons. The molecule has 0 aromatic heterocycles. The smallest absolute Gasteiger partial charge is 0.224 e. The van der Waals surface area contributed by atoms with Crippen LogP contribution in [0.25, 0.3) is 0 Å². The molecule has 1 aliphatic heterocycles. The van der Waals surface area contributed by atoms with Crippen molar-refractivity contribution in [2.24, 2.45) is 5.73 Å². The third-order valence-corrected chi connectivity index (χ3v) is 3.68. The molecule has 5 heteroatoms. The molecule has 1 atom stereocenters. The molecule has 0 saturated carbocycles. The number of hydrogen-bond donors (Lipinski definition) is 2. The summed E-state index contributed by atoms with van der Waals surface area (Å²) in [7, 11) is 0. The standard InChI is InChI=1S/C17H17FN2O2/c1-10(19)11-2-6-16(14(18)9-11)22-13-4-5-15-12(8-13)3-7-17(21)20-15/h2,4-6,8-10H,3,7,19H2,1H3,(H,20,21). The highest BCUT2D eigenvalue weighted by Crippen LogP contribution is 2.31. The Kier molecular flexibility index (Phi) is 3.81. The molecule has 0 fully saturated rings. The Hall–Kier alpha value is -2.40. The minimum atomic E-state index is -0.444. The second-order valence-corrected chi connectivity index (χ2v) is 5.45. The Bertz CT molecular complexity index is 729. The first-order chi connectivity index (χ1) is 10.5. The van der Waals surface area contributed by atoms with Gasteiger partial charge in [-0.15, -0.1) is 0 Å². The number of carbonyl (C=O) groups is 1. The van der Waals surface area contributed by atoms with Crippen molar-refractivity contribution in [3.05, 3.63) is 53.3 Å². The normalized spacial score (nSPS) is 15.0. The summed E-state index contributed by atoms with van der Waals surface area (Å²) in [4.78, 5) is 11.3. The number of fused-ring (bicyclic) bond motifs is 1. The maximum Gasteiger partial charge on any atom is 0.224 e. The number of halogens is 1. The molecule has 1 amide bonds. The zero-order valence-electron chi connectivity index (χ0n) is 12.2. The maximum absolute atomic E-state index is 14.0. The minimum absolute atomic E-state index is 0.0127. The second kappa shape index (κ2) is 5.77. The number of anilines is 1. The fraction of sp³-hybridized carbons (Fsp3) is 0.235. The van der Waals surface area contributed by atoms with E-state index in [0.29, 0.717) is 18.6 Å². The summed E-state index contributed by atoms with van der Waals surface area (Å²) >= 11 is 0. The Morgan fingerprint density at radius 1 is 1.23 bits per heavy atom. The van der Waals surface area contributed by atoms with E-state index in [0.717, 1.165) is 16.8 Å². The molecule has 0 spiro atoms. The lowest BCUT2D eigenvalue weighted by molar-refractivity contribution is -0.116. The van der Waals surface area contributed by atoms with E-state index < -0.39 is 5.82 Å². The van der Waals surface area contributed by atoms with Crippen molar-refractivity contribution in [3.63, 3.8) is 0 Å². The van der Waals surface area contributed by atoms with Gasteiger partial charge in [0.1, 0.15) is 5.75 Å². The van der Waals surface area contributed by atoms with Crippen molar-refractivity contribution in [3.8, 4) is 11.5 Å². The van der Waals surface area contributed by atoms with Crippen molar-refractivity contribution in [2.45, 2.75) is 25.8 Å². The average Bonchev–Trinajstić information content (AvgIpc) is 2.49. The number of nitrogens with two attached hydrogens (primary N) is 1. The molecule has 2 aromatic carbocycles. The van der Waals surface area contributed by atoms with E-state index in [9.17, 15) is 9.18 Å². The molecule has 4 nitrogen and oxygen atoms in total. The monoisotopic (exact) mass is 300 g/mol. The molecule has 0 aliphatic carbocycles. The van der Waals surface area contributed by atoms with Crippen LogP contribution < -0.4 is 15.8 Å². The number of nitrogens with one attached hydrogen (secondary N) is 1. The SMILES string of the molecule is CC(N)c1ccc(Oc2ccc3c(c2)CCC(=O)N3)c(F)c1. The highest BCUT2D eigenvalue weighted by Gasteiger charge is 2.16. The fourth-order valence-corrected chi connectivity index (χ4v) is 2.43. The van der Waals surface area contributed by atoms with E-state index in [4.69, 9.17) is 10.5 Å². The van der Waals surface area contributed by atoms with Crippen LogP contribution >= 0.6 is 0 Å². The summed E-state index contributed by atoms with van der Waals surface area (Å²) in [5, 5.41) is 2.80. The van der Waals surface area contributed by atoms with Crippen molar-refractivity contribution in [2.75, 3.05) is 5.32 Å². The maximum atomic E-state index is 14.0. The lowest BCUT2D eigenvalue weighted by Gasteiger charge is -2.18. The molecule has 3 rings (SSSR count). The Morgan fingerprint density at radius 3 is 2.77 bits per heavy atom. The zero-order chi connectivity index (χ0) is 15.7. The molecule has 22 heavy (non-hydrogen) atoms. The fourth-order valence-electron chi connectivity index (χ4n) is 2.43. The van der Waals surface area contributed by atoms with Gasteiger partial charge in [-0.3, -0.25) is 4.79 Å². The van der Waals surface area contributed by atoms with Gasteiger partial charge in [-0.25, -0.2) is 4.39 Å². The number of rotatable bonds is 3. The topological polar surface area (TPSA) is 64.3 Å². The first-order valence-electron chi connectivity index (χ1n) is 7.18. The van der Waals surface area contributed by atoms with Gasteiger partial charge in [0, 0.05) is 18.2 Å². The summed E-state index contributed by atoms with van der Waals surface area (Å²) in [5.74, 6) is 0.270. The van der Waals surface area contributed by atoms with Crippen LogP contribution in [0.2, 0.25) is 0 Å². The molecular weight excluding hydrogens is 283 g/mol. The first-order valence-corrected chi connectivity index (χ1v) is 7.18. The number of benzene rings is 2. The van der Waals surface area contributed by atoms with Gasteiger partial charge >= 0.3 is 0 Å². The quantitative estimate of drug-likeness (QED) is 0.911. The van der Waals surface area contributed by atoms with Crippen molar-refractivity contribution in [1.82, 2.24) is 0 Å². The Balaban J connectivity index is 1.83. The summed E-state index contributed by atoms with van der Waals surface area (Å²) in [6, 6.07) is 9.80. The van der Waals surface area contributed by atoms with Gasteiger partial charge in [0.25, 0.3) is 0 Å². The highest BCUT2D eigenvalue weighted by atomic mass is 19.1. The number of aryl methyl sites for hydroxylation is 1. The molecule has 0 saturated heterocycles. The summed E-state index contributed by atoms with van der Waals surface area (Å²) in [6.45, 7) is 1.80. The van der Waals surface area contributed by atoms with Crippen LogP contribution in [-0.2, 0) is 11.2 Å². The first kappa shape index (κ1) is 14.5. The van der Waals surface area contributed by atoms with E-state index in [2.05, 4.69) is 5.32 Å². The van der Waals surface area contributed by atoms with E-state index in [1.807, 2.05) is 6.07 Å². The highest BCUT2D eigenvalue weighted by molar-refractivity contribution is 5.94. The van der Waals surface area contributed by atoms with Gasteiger partial charge in [-0.05, 0) is 54.8 Å². The van der Waals surface area contributed by atoms with Gasteiger partial charge in [-0.1, -0.05) is 6.07 Å². The number of hydrogen-bond acceptors (Lipinski definition) is 3. The van der Waals surface area contributed by atoms with E-state index >= 15 is 0 Å². The third kappa shape index (κ3) is 2.94. The van der Waals surface area contributed by atoms with Gasteiger partial charge in [0.05, 0.1) is 0 Å². The van der Waals surface area contributed by atoms with E-state index in [1.165, 1.54) is 6.07 Å². The predicted octanol–water partition coefficient (Wildman–Crippen LogP) is 3.52. The van der Waals surface area contributed by atoms with E-state index in [1.54, 1.807) is 31.2 Å². The largest absolute Gasteiger partial charge is 0.454 e. The van der Waals surface area contributed by atoms with Crippen LogP contribution in [0, 0.1) is 5.82 Å². The number of amides is 1. The lowest BCUT2D eigenvalue weighted by atomic mass is 10.0. The summed E-state index contributed by atoms with van der Waals surface area (Å²) in [5.41, 5.74) is 8.23. The van der Waals surface area contributed by atoms with Crippen molar-refractivity contribution in [1.29, 1.82) is 0 Å². The zero-order valence-corrected chi connectivity index (χ0v) is 12.2. The van der Waals surface area contributed by atoms with Crippen LogP contribution in [-0.4, -0.2) is 5.91 Å². The van der Waals surface area contributed by atoms with Crippen LogP contribution in [0.15, 0.2) is 36.4 Å². The summed E-state index contributed by atoms with van der Waals surface area (Å²) in [6.07, 6.45) is 1.11. The molecular formula is C17H17FN2O2. The molecule has 114 valence electrons. The van der Waals surface area contributed by atoms with Gasteiger partial charge in [0.15, 0.2) is 11.6 Å². The van der Waals surface area contributed by atoms with Gasteiger partial charge in [0.2, 0.25) is 5.91 Å². The van der Waals surface area contributed by atoms with Crippen molar-refractivity contribution >= 4 is 11.6 Å². The minimum Gasteiger partial charge on any atom is -0.454 e. The Labute approximate surface area is 128 Å². The molecule has 1 aliphatic rings. The van der Waals surface area contributed by atoms with Gasteiger partial charge < -0.3 is 15.8 Å². The van der Waals surface area contributed by atoms with Crippen LogP contribution in [0.5, 0.6) is 11.5 Å².